The van der Waals surface area contributed by atoms with E-state index in [-0.39, 0.29) is 10.5 Å². The molecule has 0 saturated carbocycles. The van der Waals surface area contributed by atoms with E-state index in [1.54, 1.807) is 0 Å². The molecule has 0 bridgehead atoms. The van der Waals surface area contributed by atoms with Crippen LogP contribution in [0.5, 0.6) is 0 Å². The van der Waals surface area contributed by atoms with E-state index in [2.05, 4.69) is 59.0 Å². The topological polar surface area (TPSA) is 29.5 Å². The zero-order valence-electron chi connectivity index (χ0n) is 14.4. The van der Waals surface area contributed by atoms with Gasteiger partial charge in [-0.1, -0.05) is 52.0 Å². The molecule has 0 spiro atoms. The van der Waals surface area contributed by atoms with Gasteiger partial charge in [-0.05, 0) is 42.1 Å². The highest BCUT2D eigenvalue weighted by atomic mass is 28.4. The monoisotopic (exact) mass is 306 g/mol. The summed E-state index contributed by atoms with van der Waals surface area (Å²) in [6.45, 7) is 14.1. The molecule has 2 atom stereocenters. The number of benzene rings is 1. The van der Waals surface area contributed by atoms with Crippen molar-refractivity contribution < 1.29 is 9.53 Å². The van der Waals surface area contributed by atoms with Crippen molar-refractivity contribution in [2.75, 3.05) is 6.61 Å². The molecule has 0 aliphatic heterocycles. The third kappa shape index (κ3) is 3.25. The van der Waals surface area contributed by atoms with Gasteiger partial charge in [0.2, 0.25) is 0 Å². The van der Waals surface area contributed by atoms with Gasteiger partial charge in [0.05, 0.1) is 6.10 Å². The summed E-state index contributed by atoms with van der Waals surface area (Å²) in [5.74, 6) is 0. The molecule has 0 fully saturated rings. The maximum Gasteiger partial charge on any atom is 0.192 e. The Morgan fingerprint density at radius 1 is 1.29 bits per heavy atom. The second-order valence-corrected chi connectivity index (χ2v) is 13.1. The van der Waals surface area contributed by atoms with E-state index in [0.29, 0.717) is 6.61 Å². The molecule has 21 heavy (non-hydrogen) atoms. The van der Waals surface area contributed by atoms with Crippen molar-refractivity contribution in [1.82, 2.24) is 0 Å². The second-order valence-electron chi connectivity index (χ2n) is 8.30. The average molecular weight is 307 g/mol. The minimum Gasteiger partial charge on any atom is -0.416 e. The van der Waals surface area contributed by atoms with Gasteiger partial charge in [0.15, 0.2) is 8.32 Å². The van der Waals surface area contributed by atoms with Crippen LogP contribution >= 0.6 is 0 Å². The van der Waals surface area contributed by atoms with Crippen molar-refractivity contribution in [3.05, 3.63) is 35.4 Å². The maximum absolute atomic E-state index is 10.8. The molecule has 0 amide bonds. The van der Waals surface area contributed by atoms with Gasteiger partial charge in [-0.3, -0.25) is 0 Å². The van der Waals surface area contributed by atoms with E-state index >= 15 is 0 Å². The van der Waals surface area contributed by atoms with Gasteiger partial charge in [-0.15, -0.1) is 0 Å². The third-order valence-electron chi connectivity index (χ3n) is 5.54. The van der Waals surface area contributed by atoms with Crippen LogP contribution in [0.15, 0.2) is 24.3 Å². The summed E-state index contributed by atoms with van der Waals surface area (Å²) < 4.78 is 6.40. The van der Waals surface area contributed by atoms with Crippen LogP contribution in [0.4, 0.5) is 0 Å². The van der Waals surface area contributed by atoms with Crippen LogP contribution < -0.4 is 0 Å². The van der Waals surface area contributed by atoms with Gasteiger partial charge in [-0.25, -0.2) is 0 Å². The number of aliphatic hydroxyl groups is 1. The standard InChI is InChI=1S/C18H30O2Si/c1-17(2,3)21(5,6)20-13-18(4)12-11-14-9-7-8-10-15(14)16(18)19/h7-10,16,19H,11-13H2,1-6H3/t16-,18+/m0/s1. The first kappa shape index (κ1) is 16.7. The summed E-state index contributed by atoms with van der Waals surface area (Å²) in [6, 6.07) is 8.26. The van der Waals surface area contributed by atoms with E-state index in [0.717, 1.165) is 18.4 Å². The fourth-order valence-electron chi connectivity index (χ4n) is 2.67. The molecular weight excluding hydrogens is 276 g/mol. The molecule has 1 aromatic carbocycles. The Bertz CT molecular complexity index is 504. The summed E-state index contributed by atoms with van der Waals surface area (Å²) in [4.78, 5) is 0. The Balaban J connectivity index is 2.14. The number of rotatable bonds is 3. The molecule has 2 rings (SSSR count). The Hall–Kier alpha value is -0.643. The summed E-state index contributed by atoms with van der Waals surface area (Å²) in [6.07, 6.45) is 1.59. The molecule has 3 heteroatoms. The number of aliphatic hydroxyl groups excluding tert-OH is 1. The molecule has 0 radical (unpaired) electrons. The fraction of sp³-hybridized carbons (Fsp3) is 0.667. The first-order valence-corrected chi connectivity index (χ1v) is 10.9. The van der Waals surface area contributed by atoms with Crippen molar-refractivity contribution in [2.45, 2.75) is 64.8 Å². The molecule has 1 aliphatic rings. The number of hydrogen-bond donors (Lipinski definition) is 1. The zero-order chi connectivity index (χ0) is 15.9. The average Bonchev–Trinajstić information content (AvgIpc) is 2.40. The Morgan fingerprint density at radius 3 is 2.52 bits per heavy atom. The Labute approximate surface area is 130 Å². The quantitative estimate of drug-likeness (QED) is 0.821. The molecule has 2 nitrogen and oxygen atoms in total. The van der Waals surface area contributed by atoms with Gasteiger partial charge in [-0.2, -0.15) is 0 Å². The van der Waals surface area contributed by atoms with Crippen LogP contribution in [0.1, 0.15) is 51.3 Å². The minimum absolute atomic E-state index is 0.177. The molecule has 0 aromatic heterocycles. The van der Waals surface area contributed by atoms with Crippen molar-refractivity contribution in [1.29, 1.82) is 0 Å². The number of fused-ring (bicyclic) bond motifs is 1. The minimum atomic E-state index is -1.77. The SMILES string of the molecule is CC(C)(C)[Si](C)(C)OC[C@@]1(C)CCc2ccccc2[C@@H]1O. The normalized spacial score (nSPS) is 26.5. The highest BCUT2D eigenvalue weighted by Gasteiger charge is 2.43. The lowest BCUT2D eigenvalue weighted by Crippen LogP contribution is -2.45. The number of aryl methyl sites for hydroxylation is 1. The van der Waals surface area contributed by atoms with E-state index < -0.39 is 14.4 Å². The van der Waals surface area contributed by atoms with Gasteiger partial charge < -0.3 is 9.53 Å². The van der Waals surface area contributed by atoms with Gasteiger partial charge >= 0.3 is 0 Å². The largest absolute Gasteiger partial charge is 0.416 e. The second kappa shape index (κ2) is 5.53. The maximum atomic E-state index is 10.8. The first-order chi connectivity index (χ1) is 9.57. The van der Waals surface area contributed by atoms with Crippen LogP contribution in [0.2, 0.25) is 18.1 Å². The Kier molecular flexibility index (Phi) is 4.40. The van der Waals surface area contributed by atoms with Crippen LogP contribution in [-0.4, -0.2) is 20.0 Å². The smallest absolute Gasteiger partial charge is 0.192 e. The van der Waals surface area contributed by atoms with Gasteiger partial charge in [0, 0.05) is 12.0 Å². The molecule has 0 unspecified atom stereocenters. The molecule has 1 aliphatic carbocycles. The van der Waals surface area contributed by atoms with Crippen molar-refractivity contribution in [3.8, 4) is 0 Å². The van der Waals surface area contributed by atoms with Crippen LogP contribution in [0, 0.1) is 5.41 Å². The van der Waals surface area contributed by atoms with Crippen LogP contribution in [0.25, 0.3) is 0 Å². The highest BCUT2D eigenvalue weighted by Crippen LogP contribution is 2.45. The van der Waals surface area contributed by atoms with Gasteiger partial charge in [0.1, 0.15) is 0 Å². The Morgan fingerprint density at radius 2 is 1.90 bits per heavy atom. The summed E-state index contributed by atoms with van der Waals surface area (Å²) in [5, 5.41) is 11.0. The van der Waals surface area contributed by atoms with Crippen LogP contribution in [0.3, 0.4) is 0 Å². The molecule has 0 heterocycles. The van der Waals surface area contributed by atoms with E-state index in [1.165, 1.54) is 5.56 Å². The van der Waals surface area contributed by atoms with Crippen molar-refractivity contribution in [2.24, 2.45) is 5.41 Å². The predicted molar refractivity (Wildman–Crippen MR) is 91.0 cm³/mol. The van der Waals surface area contributed by atoms with E-state index in [9.17, 15) is 5.11 Å². The van der Waals surface area contributed by atoms with E-state index in [4.69, 9.17) is 4.43 Å². The molecular formula is C18H30O2Si. The fourth-order valence-corrected chi connectivity index (χ4v) is 3.80. The molecule has 118 valence electrons. The molecule has 1 N–H and O–H groups in total. The third-order valence-corrected chi connectivity index (χ3v) is 10.0. The van der Waals surface area contributed by atoms with E-state index in [1.807, 2.05) is 6.07 Å². The summed E-state index contributed by atoms with van der Waals surface area (Å²) in [7, 11) is -1.77. The molecule has 0 saturated heterocycles. The summed E-state index contributed by atoms with van der Waals surface area (Å²) in [5.41, 5.74) is 2.20. The van der Waals surface area contributed by atoms with Crippen LogP contribution in [-0.2, 0) is 10.8 Å². The first-order valence-electron chi connectivity index (χ1n) is 7.97. The van der Waals surface area contributed by atoms with Crippen molar-refractivity contribution >= 4 is 8.32 Å². The lowest BCUT2D eigenvalue weighted by atomic mass is 9.71. The zero-order valence-corrected chi connectivity index (χ0v) is 15.4. The highest BCUT2D eigenvalue weighted by molar-refractivity contribution is 6.74. The van der Waals surface area contributed by atoms with Crippen molar-refractivity contribution in [3.63, 3.8) is 0 Å². The van der Waals surface area contributed by atoms with Gasteiger partial charge in [0.25, 0.3) is 0 Å². The summed E-state index contributed by atoms with van der Waals surface area (Å²) >= 11 is 0. The number of hydrogen-bond acceptors (Lipinski definition) is 2. The predicted octanol–water partition coefficient (Wildman–Crippen LogP) is 4.69. The lowest BCUT2D eigenvalue weighted by Gasteiger charge is -2.44. The lowest BCUT2D eigenvalue weighted by molar-refractivity contribution is -0.0163. The molecule has 1 aromatic rings.